The Morgan fingerprint density at radius 1 is 1.14 bits per heavy atom. The average Bonchev–Trinajstić information content (AvgIpc) is 2.48. The number of nitrogens with zero attached hydrogens (tertiary/aromatic N) is 1. The molecule has 22 heavy (non-hydrogen) atoms. The first kappa shape index (κ1) is 14.2. The average molecular weight is 315 g/mol. The highest BCUT2D eigenvalue weighted by molar-refractivity contribution is 6.30. The lowest BCUT2D eigenvalue weighted by Gasteiger charge is -2.02. The highest BCUT2D eigenvalue weighted by atomic mass is 35.5. The second-order valence-electron chi connectivity index (χ2n) is 4.64. The van der Waals surface area contributed by atoms with Crippen molar-refractivity contribution in [1.82, 2.24) is 0 Å². The fraction of sp³-hybridized carbons (Fsp3) is 0. The molecule has 3 aromatic rings. The zero-order valence-corrected chi connectivity index (χ0v) is 12.0. The molecule has 0 fully saturated rings. The Bertz CT molecular complexity index is 930. The molecule has 1 aromatic heterocycles. The Hall–Kier alpha value is -2.79. The number of carbonyl (C=O) groups is 1. The third kappa shape index (κ3) is 2.80. The zero-order chi connectivity index (χ0) is 15.7. The first-order chi connectivity index (χ1) is 10.5. The van der Waals surface area contributed by atoms with E-state index in [0.29, 0.717) is 21.7 Å². The Morgan fingerprint density at radius 3 is 2.55 bits per heavy atom. The second-order valence-corrected chi connectivity index (χ2v) is 5.08. The van der Waals surface area contributed by atoms with E-state index in [1.54, 1.807) is 36.4 Å². The zero-order valence-electron chi connectivity index (χ0n) is 11.3. The molecule has 0 aliphatic rings. The molecule has 1 heterocycles. The third-order valence-electron chi connectivity index (χ3n) is 3.06. The van der Waals surface area contributed by atoms with Crippen molar-refractivity contribution in [3.05, 3.63) is 64.7 Å². The monoisotopic (exact) mass is 314 g/mol. The molecule has 0 unspecified atom stereocenters. The molecule has 0 saturated carbocycles. The van der Waals surface area contributed by atoms with Crippen molar-refractivity contribution in [2.45, 2.75) is 0 Å². The first-order valence-electron chi connectivity index (χ1n) is 6.40. The van der Waals surface area contributed by atoms with Crippen LogP contribution < -0.4 is 11.3 Å². The van der Waals surface area contributed by atoms with Gasteiger partial charge in [-0.25, -0.2) is 4.99 Å². The summed E-state index contributed by atoms with van der Waals surface area (Å²) in [7, 11) is 0. The molecule has 6 heteroatoms. The number of phenolic OH excluding ortho intramolecular Hbond substituents is 1. The molecule has 0 aliphatic heterocycles. The lowest BCUT2D eigenvalue weighted by molar-refractivity contribution is 0.0996. The Balaban J connectivity index is 2.27. The quantitative estimate of drug-likeness (QED) is 0.761. The molecule has 0 spiro atoms. The molecule has 5 nitrogen and oxygen atoms in total. The molecule has 1 amide bonds. The SMILES string of the molecule is NC(=O)c1cc2ccc(O)cc2oc1=Nc1ccc(Cl)cc1. The number of hydrogen-bond acceptors (Lipinski definition) is 4. The van der Waals surface area contributed by atoms with Crippen LogP contribution in [-0.2, 0) is 0 Å². The van der Waals surface area contributed by atoms with Crippen LogP contribution in [0.3, 0.4) is 0 Å². The number of phenols is 1. The largest absolute Gasteiger partial charge is 0.508 e. The van der Waals surface area contributed by atoms with Crippen molar-refractivity contribution in [3.8, 4) is 5.75 Å². The normalized spacial score (nSPS) is 11.8. The summed E-state index contributed by atoms with van der Waals surface area (Å²) >= 11 is 5.82. The summed E-state index contributed by atoms with van der Waals surface area (Å²) in [6.07, 6.45) is 0. The highest BCUT2D eigenvalue weighted by Crippen LogP contribution is 2.20. The summed E-state index contributed by atoms with van der Waals surface area (Å²) < 4.78 is 5.61. The van der Waals surface area contributed by atoms with Crippen molar-refractivity contribution in [3.63, 3.8) is 0 Å². The molecule has 0 bridgehead atoms. The Kier molecular flexibility index (Phi) is 3.56. The van der Waals surface area contributed by atoms with Gasteiger partial charge in [0.25, 0.3) is 5.91 Å². The fourth-order valence-corrected chi connectivity index (χ4v) is 2.13. The molecule has 3 N–H and O–H groups in total. The summed E-state index contributed by atoms with van der Waals surface area (Å²) in [5.41, 5.74) is 6.59. The van der Waals surface area contributed by atoms with Gasteiger partial charge in [-0.15, -0.1) is 0 Å². The van der Waals surface area contributed by atoms with Crippen molar-refractivity contribution >= 4 is 34.2 Å². The van der Waals surface area contributed by atoms with Crippen molar-refractivity contribution in [1.29, 1.82) is 0 Å². The first-order valence-corrected chi connectivity index (χ1v) is 6.78. The number of carbonyl (C=O) groups excluding carboxylic acids is 1. The summed E-state index contributed by atoms with van der Waals surface area (Å²) in [6, 6.07) is 12.9. The fourth-order valence-electron chi connectivity index (χ4n) is 2.00. The molecule has 0 saturated heterocycles. The Labute approximate surface area is 130 Å². The smallest absolute Gasteiger partial charge is 0.254 e. The summed E-state index contributed by atoms with van der Waals surface area (Å²) in [6.45, 7) is 0. The van der Waals surface area contributed by atoms with Gasteiger partial charge in [-0.05, 0) is 42.5 Å². The minimum Gasteiger partial charge on any atom is -0.508 e. The van der Waals surface area contributed by atoms with E-state index in [-0.39, 0.29) is 16.9 Å². The van der Waals surface area contributed by atoms with Gasteiger partial charge < -0.3 is 15.3 Å². The van der Waals surface area contributed by atoms with Gasteiger partial charge in [0, 0.05) is 16.5 Å². The lowest BCUT2D eigenvalue weighted by Crippen LogP contribution is -2.21. The van der Waals surface area contributed by atoms with E-state index in [4.69, 9.17) is 21.8 Å². The molecule has 2 aromatic carbocycles. The number of fused-ring (bicyclic) bond motifs is 1. The van der Waals surface area contributed by atoms with Crippen molar-refractivity contribution in [2.75, 3.05) is 0 Å². The van der Waals surface area contributed by atoms with Crippen molar-refractivity contribution < 1.29 is 14.3 Å². The summed E-state index contributed by atoms with van der Waals surface area (Å²) in [5.74, 6) is -0.591. The molecular formula is C16H11ClN2O3. The summed E-state index contributed by atoms with van der Waals surface area (Å²) in [5, 5.41) is 10.7. The van der Waals surface area contributed by atoms with E-state index < -0.39 is 5.91 Å². The highest BCUT2D eigenvalue weighted by Gasteiger charge is 2.09. The molecule has 0 aliphatic carbocycles. The summed E-state index contributed by atoms with van der Waals surface area (Å²) in [4.78, 5) is 15.9. The van der Waals surface area contributed by atoms with E-state index in [9.17, 15) is 9.90 Å². The van der Waals surface area contributed by atoms with Gasteiger partial charge >= 0.3 is 0 Å². The van der Waals surface area contributed by atoms with Crippen LogP contribution in [0, 0.1) is 0 Å². The van der Waals surface area contributed by atoms with Crippen molar-refractivity contribution in [2.24, 2.45) is 10.7 Å². The van der Waals surface area contributed by atoms with Crippen LogP contribution in [0.2, 0.25) is 5.02 Å². The van der Waals surface area contributed by atoms with Gasteiger partial charge in [0.05, 0.1) is 5.69 Å². The van der Waals surface area contributed by atoms with E-state index in [0.717, 1.165) is 0 Å². The van der Waals surface area contributed by atoms with E-state index >= 15 is 0 Å². The molecule has 3 rings (SSSR count). The predicted octanol–water partition coefficient (Wildman–Crippen LogP) is 3.12. The maximum Gasteiger partial charge on any atom is 0.254 e. The van der Waals surface area contributed by atoms with E-state index in [1.165, 1.54) is 12.1 Å². The predicted molar refractivity (Wildman–Crippen MR) is 83.1 cm³/mol. The van der Waals surface area contributed by atoms with Gasteiger partial charge in [-0.1, -0.05) is 11.6 Å². The number of nitrogens with two attached hydrogens (primary N) is 1. The van der Waals surface area contributed by atoms with Crippen LogP contribution in [0.4, 0.5) is 5.69 Å². The minimum absolute atomic E-state index is 0.0560. The molecule has 0 radical (unpaired) electrons. The van der Waals surface area contributed by atoms with E-state index in [1.807, 2.05) is 0 Å². The van der Waals surface area contributed by atoms with Crippen LogP contribution >= 0.6 is 11.6 Å². The number of benzene rings is 2. The standard InChI is InChI=1S/C16H11ClN2O3/c17-10-2-4-11(5-3-10)19-16-13(15(18)21)7-9-1-6-12(20)8-14(9)22-16/h1-8,20H,(H2,18,21). The van der Waals surface area contributed by atoms with Crippen LogP contribution in [0.1, 0.15) is 10.4 Å². The van der Waals surface area contributed by atoms with Crippen LogP contribution in [0.5, 0.6) is 5.75 Å². The second kappa shape index (κ2) is 5.54. The lowest BCUT2D eigenvalue weighted by atomic mass is 10.1. The molecule has 0 atom stereocenters. The van der Waals surface area contributed by atoms with Gasteiger partial charge in [0.15, 0.2) is 0 Å². The topological polar surface area (TPSA) is 88.8 Å². The number of rotatable bonds is 2. The van der Waals surface area contributed by atoms with Gasteiger partial charge in [-0.3, -0.25) is 4.79 Å². The molecule has 110 valence electrons. The van der Waals surface area contributed by atoms with Crippen LogP contribution in [0.15, 0.2) is 57.9 Å². The maximum absolute atomic E-state index is 11.6. The minimum atomic E-state index is -0.647. The number of hydrogen-bond donors (Lipinski definition) is 2. The molecular weight excluding hydrogens is 304 g/mol. The number of primary amides is 1. The number of amides is 1. The van der Waals surface area contributed by atoms with Gasteiger partial charge in [0.1, 0.15) is 16.9 Å². The van der Waals surface area contributed by atoms with Crippen LogP contribution in [0.25, 0.3) is 11.0 Å². The Morgan fingerprint density at radius 2 is 1.86 bits per heavy atom. The maximum atomic E-state index is 11.6. The van der Waals surface area contributed by atoms with E-state index in [2.05, 4.69) is 4.99 Å². The van der Waals surface area contributed by atoms with Gasteiger partial charge in [0.2, 0.25) is 5.55 Å². The van der Waals surface area contributed by atoms with Crippen LogP contribution in [-0.4, -0.2) is 11.0 Å². The third-order valence-corrected chi connectivity index (χ3v) is 3.31. The number of halogens is 1. The van der Waals surface area contributed by atoms with Gasteiger partial charge in [-0.2, -0.15) is 0 Å². The number of aromatic hydroxyl groups is 1.